The summed E-state index contributed by atoms with van der Waals surface area (Å²) < 4.78 is 28.9. The van der Waals surface area contributed by atoms with Gasteiger partial charge in [0, 0.05) is 17.1 Å². The van der Waals surface area contributed by atoms with Gasteiger partial charge in [-0.05, 0) is 88.6 Å². The fourth-order valence-electron chi connectivity index (χ4n) is 4.21. The van der Waals surface area contributed by atoms with E-state index in [9.17, 15) is 18.0 Å². The Bertz CT molecular complexity index is 1420. The quantitative estimate of drug-likeness (QED) is 0.369. The second-order valence-corrected chi connectivity index (χ2v) is 13.0. The van der Waals surface area contributed by atoms with Gasteiger partial charge in [0.05, 0.1) is 10.6 Å². The average Bonchev–Trinajstić information content (AvgIpc) is 2.85. The van der Waals surface area contributed by atoms with Gasteiger partial charge in [0.1, 0.15) is 12.6 Å². The second kappa shape index (κ2) is 12.2. The molecule has 0 heterocycles. The molecule has 1 atom stereocenters. The first-order valence-electron chi connectivity index (χ1n) is 12.7. The van der Waals surface area contributed by atoms with Gasteiger partial charge in [-0.2, -0.15) is 0 Å². The molecular weight excluding hydrogens is 534 g/mol. The maximum Gasteiger partial charge on any atom is 0.264 e. The zero-order valence-electron chi connectivity index (χ0n) is 23.2. The Morgan fingerprint density at radius 1 is 0.923 bits per heavy atom. The summed E-state index contributed by atoms with van der Waals surface area (Å²) in [5.74, 6) is -0.892. The van der Waals surface area contributed by atoms with Crippen molar-refractivity contribution in [1.29, 1.82) is 0 Å². The van der Waals surface area contributed by atoms with Gasteiger partial charge in [-0.3, -0.25) is 13.9 Å². The van der Waals surface area contributed by atoms with Crippen molar-refractivity contribution in [2.24, 2.45) is 0 Å². The van der Waals surface area contributed by atoms with Crippen LogP contribution in [0.3, 0.4) is 0 Å². The highest BCUT2D eigenvalue weighted by atomic mass is 35.5. The van der Waals surface area contributed by atoms with Crippen molar-refractivity contribution in [2.75, 3.05) is 10.8 Å². The van der Waals surface area contributed by atoms with Crippen LogP contribution >= 0.6 is 11.6 Å². The first kappa shape index (κ1) is 30.2. The summed E-state index contributed by atoms with van der Waals surface area (Å²) >= 11 is 6.41. The average molecular weight is 570 g/mol. The van der Waals surface area contributed by atoms with E-state index in [4.69, 9.17) is 11.6 Å². The number of anilines is 1. The van der Waals surface area contributed by atoms with Gasteiger partial charge >= 0.3 is 0 Å². The lowest BCUT2D eigenvalue weighted by Crippen LogP contribution is -2.54. The highest BCUT2D eigenvalue weighted by molar-refractivity contribution is 7.92. The molecule has 208 valence electrons. The third-order valence-electron chi connectivity index (χ3n) is 6.07. The van der Waals surface area contributed by atoms with Crippen molar-refractivity contribution in [3.8, 4) is 0 Å². The Morgan fingerprint density at radius 2 is 1.49 bits per heavy atom. The van der Waals surface area contributed by atoms with Gasteiger partial charge in [-0.15, -0.1) is 0 Å². The van der Waals surface area contributed by atoms with E-state index in [1.54, 1.807) is 61.5 Å². The van der Waals surface area contributed by atoms with Gasteiger partial charge in [0.2, 0.25) is 11.8 Å². The first-order chi connectivity index (χ1) is 18.2. The Hall–Kier alpha value is -3.36. The largest absolute Gasteiger partial charge is 0.350 e. The van der Waals surface area contributed by atoms with Gasteiger partial charge in [0.25, 0.3) is 10.0 Å². The van der Waals surface area contributed by atoms with Crippen LogP contribution in [0.2, 0.25) is 5.02 Å². The monoisotopic (exact) mass is 569 g/mol. The van der Waals surface area contributed by atoms with Crippen LogP contribution in [-0.2, 0) is 26.2 Å². The van der Waals surface area contributed by atoms with Gasteiger partial charge in [-0.25, -0.2) is 8.42 Å². The van der Waals surface area contributed by atoms with E-state index >= 15 is 0 Å². The highest BCUT2D eigenvalue weighted by Gasteiger charge is 2.33. The van der Waals surface area contributed by atoms with Crippen LogP contribution in [0.5, 0.6) is 0 Å². The van der Waals surface area contributed by atoms with Gasteiger partial charge in [-0.1, -0.05) is 54.1 Å². The van der Waals surface area contributed by atoms with Crippen LogP contribution in [0.25, 0.3) is 0 Å². The van der Waals surface area contributed by atoms with E-state index in [1.807, 2.05) is 40.7 Å². The molecule has 0 aliphatic carbocycles. The molecule has 0 aliphatic rings. The fourth-order valence-corrected chi connectivity index (χ4v) is 5.82. The minimum Gasteiger partial charge on any atom is -0.350 e. The second-order valence-electron chi connectivity index (χ2n) is 10.7. The Kier molecular flexibility index (Phi) is 9.46. The maximum atomic E-state index is 14.0. The van der Waals surface area contributed by atoms with Crippen molar-refractivity contribution in [3.05, 3.63) is 94.5 Å². The summed E-state index contributed by atoms with van der Waals surface area (Å²) in [5, 5.41) is 3.36. The number of amides is 2. The van der Waals surface area contributed by atoms with Crippen LogP contribution in [-0.4, -0.2) is 43.3 Å². The molecule has 0 radical (unpaired) electrons. The Morgan fingerprint density at radius 3 is 2.05 bits per heavy atom. The van der Waals surface area contributed by atoms with E-state index < -0.39 is 34.1 Å². The molecular formula is C30H36ClN3O4S. The molecule has 0 aromatic heterocycles. The highest BCUT2D eigenvalue weighted by Crippen LogP contribution is 2.27. The minimum absolute atomic E-state index is 0.0311. The molecule has 0 unspecified atom stereocenters. The predicted molar refractivity (Wildman–Crippen MR) is 156 cm³/mol. The van der Waals surface area contributed by atoms with Gasteiger partial charge in [0.15, 0.2) is 0 Å². The lowest BCUT2D eigenvalue weighted by Gasteiger charge is -2.33. The molecule has 7 nitrogen and oxygen atoms in total. The van der Waals surface area contributed by atoms with E-state index in [-0.39, 0.29) is 17.3 Å². The smallest absolute Gasteiger partial charge is 0.264 e. The number of rotatable bonds is 9. The number of carbonyl (C=O) groups is 2. The minimum atomic E-state index is -4.11. The molecule has 0 fully saturated rings. The van der Waals surface area contributed by atoms with E-state index in [2.05, 4.69) is 5.32 Å². The first-order valence-corrected chi connectivity index (χ1v) is 14.5. The molecule has 0 spiro atoms. The summed E-state index contributed by atoms with van der Waals surface area (Å²) in [5.41, 5.74) is 2.21. The van der Waals surface area contributed by atoms with Crippen LogP contribution in [0.15, 0.2) is 77.7 Å². The molecule has 3 rings (SSSR count). The predicted octanol–water partition coefficient (Wildman–Crippen LogP) is 5.48. The summed E-state index contributed by atoms with van der Waals surface area (Å²) in [6, 6.07) is 19.6. The number of sulfonamides is 1. The van der Waals surface area contributed by atoms with Crippen molar-refractivity contribution in [1.82, 2.24) is 10.2 Å². The van der Waals surface area contributed by atoms with Crippen LogP contribution < -0.4 is 9.62 Å². The number of halogens is 1. The number of hydrogen-bond acceptors (Lipinski definition) is 4. The summed E-state index contributed by atoms with van der Waals surface area (Å²) in [6.07, 6.45) is 0. The number of carbonyl (C=O) groups excluding carboxylic acids is 2. The lowest BCUT2D eigenvalue weighted by molar-refractivity contribution is -0.140. The molecule has 0 bridgehead atoms. The van der Waals surface area contributed by atoms with Crippen LogP contribution in [0, 0.1) is 13.8 Å². The van der Waals surface area contributed by atoms with Crippen molar-refractivity contribution >= 4 is 39.1 Å². The Balaban J connectivity index is 2.07. The third kappa shape index (κ3) is 7.83. The summed E-state index contributed by atoms with van der Waals surface area (Å²) in [6.45, 7) is 10.5. The molecule has 9 heteroatoms. The molecule has 0 aliphatic heterocycles. The Labute approximate surface area is 236 Å². The number of nitrogens with zero attached hydrogens (tertiary/aromatic N) is 2. The number of nitrogens with one attached hydrogen (secondary N) is 1. The van der Waals surface area contributed by atoms with E-state index in [0.717, 1.165) is 15.4 Å². The summed E-state index contributed by atoms with van der Waals surface area (Å²) in [7, 11) is -4.11. The molecule has 2 amide bonds. The molecule has 39 heavy (non-hydrogen) atoms. The summed E-state index contributed by atoms with van der Waals surface area (Å²) in [4.78, 5) is 28.6. The van der Waals surface area contributed by atoms with Crippen LogP contribution in [0.4, 0.5) is 5.69 Å². The van der Waals surface area contributed by atoms with Gasteiger partial charge < -0.3 is 10.2 Å². The molecule has 3 aromatic rings. The normalized spacial score (nSPS) is 12.5. The molecule has 3 aromatic carbocycles. The molecule has 0 saturated heterocycles. The fraction of sp³-hybridized carbons (Fsp3) is 0.333. The topological polar surface area (TPSA) is 86.8 Å². The third-order valence-corrected chi connectivity index (χ3v) is 8.23. The van der Waals surface area contributed by atoms with E-state index in [0.29, 0.717) is 16.3 Å². The van der Waals surface area contributed by atoms with Crippen molar-refractivity contribution in [2.45, 2.75) is 64.6 Å². The van der Waals surface area contributed by atoms with Crippen LogP contribution in [0.1, 0.15) is 44.4 Å². The lowest BCUT2D eigenvalue weighted by atomic mass is 10.1. The van der Waals surface area contributed by atoms with Crippen molar-refractivity contribution in [3.63, 3.8) is 0 Å². The van der Waals surface area contributed by atoms with Crippen molar-refractivity contribution < 1.29 is 18.0 Å². The maximum absolute atomic E-state index is 14.0. The number of hydrogen-bond donors (Lipinski definition) is 1. The van der Waals surface area contributed by atoms with E-state index in [1.165, 1.54) is 17.0 Å². The molecule has 1 N–H and O–H groups in total. The standard InChI is InChI=1S/C30H36ClN3O4S/c1-21-16-22(2)18-25(17-21)34(39(37,38)26-13-8-7-9-14-26)20-28(35)33(19-24-12-10-11-15-27(24)31)23(3)29(36)32-30(4,5)6/h7-18,23H,19-20H2,1-6H3,(H,32,36)/t23-/m0/s1. The number of aryl methyl sites for hydroxylation is 2. The zero-order valence-corrected chi connectivity index (χ0v) is 24.8. The SMILES string of the molecule is Cc1cc(C)cc(N(CC(=O)N(Cc2ccccc2Cl)[C@@H](C)C(=O)NC(C)(C)C)S(=O)(=O)c2ccccc2)c1. The zero-order chi connectivity index (χ0) is 29.0. The number of benzene rings is 3. The molecule has 0 saturated carbocycles.